The molecule has 15 heavy (non-hydrogen) atoms. The molecular formula is C11H19N3O. The fourth-order valence-electron chi connectivity index (χ4n) is 1.65. The van der Waals surface area contributed by atoms with Gasteiger partial charge in [0.25, 0.3) is 0 Å². The molecule has 84 valence electrons. The van der Waals surface area contributed by atoms with E-state index in [0.717, 1.165) is 12.4 Å². The molecule has 1 unspecified atom stereocenters. The van der Waals surface area contributed by atoms with E-state index in [2.05, 4.69) is 12.0 Å². The molecule has 0 saturated carbocycles. The molecule has 1 atom stereocenters. The normalized spacial score (nSPS) is 20.1. The van der Waals surface area contributed by atoms with Gasteiger partial charge in [-0.2, -0.15) is 5.10 Å². The van der Waals surface area contributed by atoms with Crippen LogP contribution in [0.5, 0.6) is 0 Å². The summed E-state index contributed by atoms with van der Waals surface area (Å²) in [6.07, 6.45) is 2.50. The van der Waals surface area contributed by atoms with Crippen LogP contribution in [0, 0.1) is 5.92 Å². The number of hydrogen-bond donors (Lipinski definition) is 0. The highest BCUT2D eigenvalue weighted by Gasteiger charge is 2.28. The molecule has 1 aromatic heterocycles. The van der Waals surface area contributed by atoms with Gasteiger partial charge in [-0.05, 0) is 5.92 Å². The van der Waals surface area contributed by atoms with Gasteiger partial charge in [-0.15, -0.1) is 0 Å². The summed E-state index contributed by atoms with van der Waals surface area (Å²) in [6.45, 7) is 6.89. The van der Waals surface area contributed by atoms with E-state index in [4.69, 9.17) is 0 Å². The van der Waals surface area contributed by atoms with Crippen LogP contribution < -0.4 is 4.90 Å². The summed E-state index contributed by atoms with van der Waals surface area (Å²) in [7, 11) is 1.85. The summed E-state index contributed by atoms with van der Waals surface area (Å²) in [4.78, 5) is 13.2. The second-order valence-electron chi connectivity index (χ2n) is 3.66. The maximum absolute atomic E-state index is 11.5. The Labute approximate surface area is 90.9 Å². The van der Waals surface area contributed by atoms with Gasteiger partial charge in [-0.3, -0.25) is 14.4 Å². The highest BCUT2D eigenvalue weighted by Crippen LogP contribution is 2.22. The first kappa shape index (κ1) is 11.8. The SMILES string of the molecule is CC.CC1CC(=O)N(c2ccn(C)n2)C1. The zero-order valence-corrected chi connectivity index (χ0v) is 9.90. The molecular weight excluding hydrogens is 190 g/mol. The van der Waals surface area contributed by atoms with Crippen molar-refractivity contribution in [1.82, 2.24) is 9.78 Å². The third kappa shape index (κ3) is 2.58. The maximum atomic E-state index is 11.5. The Balaban J connectivity index is 0.000000531. The minimum atomic E-state index is 0.186. The summed E-state index contributed by atoms with van der Waals surface area (Å²) in [5.74, 6) is 1.41. The quantitative estimate of drug-likeness (QED) is 0.707. The molecule has 2 rings (SSSR count). The van der Waals surface area contributed by atoms with Crippen molar-refractivity contribution < 1.29 is 4.79 Å². The fourth-order valence-corrected chi connectivity index (χ4v) is 1.65. The molecule has 1 aliphatic heterocycles. The number of nitrogens with zero attached hydrogens (tertiary/aromatic N) is 3. The zero-order valence-electron chi connectivity index (χ0n) is 9.90. The standard InChI is InChI=1S/C9H13N3O.C2H6/c1-7-5-9(13)12(6-7)8-3-4-11(2)10-8;1-2/h3-4,7H,5-6H2,1-2H3;1-2H3. The van der Waals surface area contributed by atoms with Crippen molar-refractivity contribution >= 4 is 11.7 Å². The molecule has 1 aliphatic rings. The topological polar surface area (TPSA) is 38.1 Å². The molecule has 1 amide bonds. The minimum absolute atomic E-state index is 0.186. The van der Waals surface area contributed by atoms with Crippen molar-refractivity contribution in [2.24, 2.45) is 13.0 Å². The number of carbonyl (C=O) groups excluding carboxylic acids is 1. The molecule has 4 heteroatoms. The van der Waals surface area contributed by atoms with E-state index in [0.29, 0.717) is 12.3 Å². The number of rotatable bonds is 1. The van der Waals surface area contributed by atoms with E-state index >= 15 is 0 Å². The highest BCUT2D eigenvalue weighted by atomic mass is 16.2. The number of anilines is 1. The van der Waals surface area contributed by atoms with Crippen LogP contribution in [-0.2, 0) is 11.8 Å². The van der Waals surface area contributed by atoms with E-state index in [1.54, 1.807) is 9.58 Å². The second kappa shape index (κ2) is 4.96. The van der Waals surface area contributed by atoms with Gasteiger partial charge in [0, 0.05) is 32.3 Å². The van der Waals surface area contributed by atoms with Crippen molar-refractivity contribution in [3.63, 3.8) is 0 Å². The van der Waals surface area contributed by atoms with Crippen molar-refractivity contribution in [2.45, 2.75) is 27.2 Å². The van der Waals surface area contributed by atoms with Gasteiger partial charge < -0.3 is 0 Å². The molecule has 0 N–H and O–H groups in total. The predicted octanol–water partition coefficient (Wildman–Crippen LogP) is 1.82. The number of aryl methyl sites for hydroxylation is 1. The summed E-state index contributed by atoms with van der Waals surface area (Å²) < 4.78 is 1.71. The van der Waals surface area contributed by atoms with E-state index in [1.807, 2.05) is 33.2 Å². The van der Waals surface area contributed by atoms with Crippen LogP contribution in [0.25, 0.3) is 0 Å². The Morgan fingerprint density at radius 3 is 2.53 bits per heavy atom. The van der Waals surface area contributed by atoms with Gasteiger partial charge in [0.15, 0.2) is 5.82 Å². The fraction of sp³-hybridized carbons (Fsp3) is 0.636. The first-order chi connectivity index (χ1) is 7.16. The predicted molar refractivity (Wildman–Crippen MR) is 60.7 cm³/mol. The summed E-state index contributed by atoms with van der Waals surface area (Å²) >= 11 is 0. The monoisotopic (exact) mass is 209 g/mol. The van der Waals surface area contributed by atoms with Crippen LogP contribution >= 0.6 is 0 Å². The van der Waals surface area contributed by atoms with Crippen LogP contribution in [-0.4, -0.2) is 22.2 Å². The smallest absolute Gasteiger partial charge is 0.228 e. The summed E-state index contributed by atoms with van der Waals surface area (Å²) in [6, 6.07) is 1.87. The Morgan fingerprint density at radius 1 is 1.47 bits per heavy atom. The lowest BCUT2D eigenvalue weighted by Gasteiger charge is -2.11. The number of aromatic nitrogens is 2. The number of hydrogen-bond acceptors (Lipinski definition) is 2. The lowest BCUT2D eigenvalue weighted by molar-refractivity contribution is -0.117. The van der Waals surface area contributed by atoms with Gasteiger partial charge >= 0.3 is 0 Å². The van der Waals surface area contributed by atoms with E-state index in [1.165, 1.54) is 0 Å². The Hall–Kier alpha value is -1.32. The largest absolute Gasteiger partial charge is 0.295 e. The van der Waals surface area contributed by atoms with Gasteiger partial charge in [0.2, 0.25) is 5.91 Å². The molecule has 1 aromatic rings. The van der Waals surface area contributed by atoms with Gasteiger partial charge in [0.05, 0.1) is 0 Å². The van der Waals surface area contributed by atoms with Crippen LogP contribution in [0.1, 0.15) is 27.2 Å². The van der Waals surface area contributed by atoms with Gasteiger partial charge in [-0.1, -0.05) is 20.8 Å². The van der Waals surface area contributed by atoms with Crippen LogP contribution in [0.15, 0.2) is 12.3 Å². The van der Waals surface area contributed by atoms with Crippen molar-refractivity contribution in [1.29, 1.82) is 0 Å². The van der Waals surface area contributed by atoms with E-state index in [-0.39, 0.29) is 5.91 Å². The summed E-state index contributed by atoms with van der Waals surface area (Å²) in [5.41, 5.74) is 0. The third-order valence-electron chi connectivity index (χ3n) is 2.29. The average molecular weight is 209 g/mol. The Morgan fingerprint density at radius 2 is 2.13 bits per heavy atom. The first-order valence-electron chi connectivity index (χ1n) is 5.47. The average Bonchev–Trinajstić information content (AvgIpc) is 2.76. The number of amides is 1. The lowest BCUT2D eigenvalue weighted by Crippen LogP contribution is -2.24. The first-order valence-corrected chi connectivity index (χ1v) is 5.47. The molecule has 1 saturated heterocycles. The molecule has 0 bridgehead atoms. The molecule has 0 aliphatic carbocycles. The minimum Gasteiger partial charge on any atom is -0.295 e. The van der Waals surface area contributed by atoms with Crippen molar-refractivity contribution in [3.8, 4) is 0 Å². The molecule has 1 fully saturated rings. The Kier molecular flexibility index (Phi) is 3.88. The molecule has 2 heterocycles. The number of carbonyl (C=O) groups is 1. The molecule has 0 radical (unpaired) electrons. The van der Waals surface area contributed by atoms with E-state index < -0.39 is 0 Å². The van der Waals surface area contributed by atoms with Crippen molar-refractivity contribution in [2.75, 3.05) is 11.4 Å². The maximum Gasteiger partial charge on any atom is 0.228 e. The molecule has 0 spiro atoms. The molecule has 4 nitrogen and oxygen atoms in total. The lowest BCUT2D eigenvalue weighted by atomic mass is 10.2. The third-order valence-corrected chi connectivity index (χ3v) is 2.29. The van der Waals surface area contributed by atoms with Crippen LogP contribution in [0.4, 0.5) is 5.82 Å². The highest BCUT2D eigenvalue weighted by molar-refractivity contribution is 5.94. The van der Waals surface area contributed by atoms with E-state index in [9.17, 15) is 4.79 Å². The van der Waals surface area contributed by atoms with Gasteiger partial charge in [0.1, 0.15) is 0 Å². The van der Waals surface area contributed by atoms with Crippen molar-refractivity contribution in [3.05, 3.63) is 12.3 Å². The van der Waals surface area contributed by atoms with Crippen LogP contribution in [0.3, 0.4) is 0 Å². The van der Waals surface area contributed by atoms with Gasteiger partial charge in [-0.25, -0.2) is 0 Å². The molecule has 0 aromatic carbocycles. The second-order valence-corrected chi connectivity index (χ2v) is 3.66. The Bertz CT molecular complexity index is 332. The van der Waals surface area contributed by atoms with Crippen LogP contribution in [0.2, 0.25) is 0 Å². The zero-order chi connectivity index (χ0) is 11.4. The summed E-state index contributed by atoms with van der Waals surface area (Å²) in [5, 5.41) is 4.20.